The number of methoxy groups -OCH3 is 1. The van der Waals surface area contributed by atoms with Crippen LogP contribution in [0.3, 0.4) is 0 Å². The van der Waals surface area contributed by atoms with Gasteiger partial charge in [0.2, 0.25) is 11.8 Å². The van der Waals surface area contributed by atoms with E-state index in [2.05, 4.69) is 10.6 Å². The summed E-state index contributed by atoms with van der Waals surface area (Å²) >= 11 is 0. The standard InChI is InChI=1S/C18H27N3O4/c1-11(2)15(19)16(23)20-10-14(22)21-13-8-6-12(7-9-13)18(3,4)17(24)25-5/h6-9,11,15H,10,19H2,1-5H3,(H,20,23)(H,21,22)/t15-/m0/s1. The molecule has 138 valence electrons. The summed E-state index contributed by atoms with van der Waals surface area (Å²) in [6.45, 7) is 7.04. The molecule has 0 saturated carbocycles. The van der Waals surface area contributed by atoms with Crippen molar-refractivity contribution in [2.24, 2.45) is 11.7 Å². The molecular formula is C18H27N3O4. The van der Waals surface area contributed by atoms with E-state index in [4.69, 9.17) is 10.5 Å². The second-order valence-corrected chi connectivity index (χ2v) is 6.73. The molecule has 0 radical (unpaired) electrons. The first-order valence-corrected chi connectivity index (χ1v) is 8.11. The molecule has 0 saturated heterocycles. The topological polar surface area (TPSA) is 111 Å². The molecule has 1 rings (SSSR count). The minimum atomic E-state index is -0.780. The Morgan fingerprint density at radius 3 is 2.20 bits per heavy atom. The number of hydrogen-bond donors (Lipinski definition) is 3. The summed E-state index contributed by atoms with van der Waals surface area (Å²) < 4.78 is 4.80. The van der Waals surface area contributed by atoms with E-state index in [0.717, 1.165) is 5.56 Å². The highest BCUT2D eigenvalue weighted by Gasteiger charge is 2.30. The molecule has 0 aliphatic carbocycles. The second-order valence-electron chi connectivity index (χ2n) is 6.73. The van der Waals surface area contributed by atoms with Gasteiger partial charge in [-0.3, -0.25) is 14.4 Å². The molecule has 1 aromatic rings. The molecule has 0 aliphatic rings. The van der Waals surface area contributed by atoms with Gasteiger partial charge in [0, 0.05) is 5.69 Å². The zero-order chi connectivity index (χ0) is 19.2. The van der Waals surface area contributed by atoms with Crippen LogP contribution in [-0.2, 0) is 24.5 Å². The van der Waals surface area contributed by atoms with Crippen molar-refractivity contribution < 1.29 is 19.1 Å². The van der Waals surface area contributed by atoms with Crippen molar-refractivity contribution in [3.63, 3.8) is 0 Å². The Bertz CT molecular complexity index is 624. The smallest absolute Gasteiger partial charge is 0.315 e. The summed E-state index contributed by atoms with van der Waals surface area (Å²) in [5.74, 6) is -1.06. The zero-order valence-corrected chi connectivity index (χ0v) is 15.4. The third kappa shape index (κ3) is 5.56. The maximum absolute atomic E-state index is 11.9. The predicted molar refractivity (Wildman–Crippen MR) is 95.9 cm³/mol. The number of amides is 2. The number of anilines is 1. The van der Waals surface area contributed by atoms with E-state index in [1.807, 2.05) is 13.8 Å². The van der Waals surface area contributed by atoms with E-state index >= 15 is 0 Å². The van der Waals surface area contributed by atoms with Crippen LogP contribution in [-0.4, -0.2) is 37.5 Å². The Balaban J connectivity index is 2.62. The summed E-state index contributed by atoms with van der Waals surface area (Å²) in [7, 11) is 1.35. The average Bonchev–Trinajstić information content (AvgIpc) is 2.58. The van der Waals surface area contributed by atoms with Gasteiger partial charge >= 0.3 is 5.97 Å². The van der Waals surface area contributed by atoms with Gasteiger partial charge in [0.25, 0.3) is 0 Å². The number of benzene rings is 1. The third-order valence-electron chi connectivity index (χ3n) is 4.03. The molecule has 0 aliphatic heterocycles. The highest BCUT2D eigenvalue weighted by Crippen LogP contribution is 2.25. The fraction of sp³-hybridized carbons (Fsp3) is 0.500. The number of ether oxygens (including phenoxy) is 1. The summed E-state index contributed by atoms with van der Waals surface area (Å²) in [4.78, 5) is 35.4. The van der Waals surface area contributed by atoms with Crippen LogP contribution in [0.25, 0.3) is 0 Å². The fourth-order valence-electron chi connectivity index (χ4n) is 2.14. The monoisotopic (exact) mass is 349 g/mol. The highest BCUT2D eigenvalue weighted by molar-refractivity contribution is 5.95. The van der Waals surface area contributed by atoms with Gasteiger partial charge in [-0.05, 0) is 37.5 Å². The molecule has 0 unspecified atom stereocenters. The van der Waals surface area contributed by atoms with Gasteiger partial charge in [-0.25, -0.2) is 0 Å². The van der Waals surface area contributed by atoms with E-state index in [9.17, 15) is 14.4 Å². The van der Waals surface area contributed by atoms with Gasteiger partial charge < -0.3 is 21.1 Å². The molecule has 0 spiro atoms. The van der Waals surface area contributed by atoms with Crippen molar-refractivity contribution in [3.8, 4) is 0 Å². The van der Waals surface area contributed by atoms with Crippen molar-refractivity contribution in [3.05, 3.63) is 29.8 Å². The number of carbonyl (C=O) groups is 3. The molecule has 7 nitrogen and oxygen atoms in total. The maximum atomic E-state index is 11.9. The van der Waals surface area contributed by atoms with Gasteiger partial charge in [0.15, 0.2) is 0 Å². The first-order chi connectivity index (χ1) is 11.6. The lowest BCUT2D eigenvalue weighted by molar-refractivity contribution is -0.146. The van der Waals surface area contributed by atoms with Gasteiger partial charge in [-0.15, -0.1) is 0 Å². The minimum Gasteiger partial charge on any atom is -0.468 e. The van der Waals surface area contributed by atoms with Crippen molar-refractivity contribution >= 4 is 23.5 Å². The number of esters is 1. The fourth-order valence-corrected chi connectivity index (χ4v) is 2.14. The van der Waals surface area contributed by atoms with Crippen molar-refractivity contribution in [2.45, 2.75) is 39.2 Å². The van der Waals surface area contributed by atoms with E-state index < -0.39 is 11.5 Å². The number of hydrogen-bond acceptors (Lipinski definition) is 5. The minimum absolute atomic E-state index is 0.00577. The van der Waals surface area contributed by atoms with Crippen LogP contribution in [0.15, 0.2) is 24.3 Å². The lowest BCUT2D eigenvalue weighted by Crippen LogP contribution is -2.46. The molecule has 4 N–H and O–H groups in total. The van der Waals surface area contributed by atoms with Crippen LogP contribution in [0.4, 0.5) is 5.69 Å². The molecule has 0 heterocycles. The largest absolute Gasteiger partial charge is 0.468 e. The maximum Gasteiger partial charge on any atom is 0.315 e. The molecular weight excluding hydrogens is 322 g/mol. The van der Waals surface area contributed by atoms with Gasteiger partial charge in [0.05, 0.1) is 25.1 Å². The van der Waals surface area contributed by atoms with Crippen LogP contribution in [0.2, 0.25) is 0 Å². The third-order valence-corrected chi connectivity index (χ3v) is 4.03. The van der Waals surface area contributed by atoms with Crippen LogP contribution < -0.4 is 16.4 Å². The molecule has 7 heteroatoms. The van der Waals surface area contributed by atoms with Crippen LogP contribution in [0.5, 0.6) is 0 Å². The van der Waals surface area contributed by atoms with E-state index in [-0.39, 0.29) is 30.2 Å². The second kappa shape index (κ2) is 8.62. The lowest BCUT2D eigenvalue weighted by Gasteiger charge is -2.22. The summed E-state index contributed by atoms with van der Waals surface area (Å²) in [5, 5.41) is 5.18. The number of carbonyl (C=O) groups excluding carboxylic acids is 3. The first kappa shape index (κ1) is 20.6. The zero-order valence-electron chi connectivity index (χ0n) is 15.4. The lowest BCUT2D eigenvalue weighted by atomic mass is 9.85. The molecule has 2 amide bonds. The Morgan fingerprint density at radius 2 is 1.72 bits per heavy atom. The van der Waals surface area contributed by atoms with Gasteiger partial charge in [-0.1, -0.05) is 26.0 Å². The van der Waals surface area contributed by atoms with Crippen molar-refractivity contribution in [2.75, 3.05) is 19.0 Å². The highest BCUT2D eigenvalue weighted by atomic mass is 16.5. The molecule has 1 aromatic carbocycles. The van der Waals surface area contributed by atoms with Crippen LogP contribution in [0, 0.1) is 5.92 Å². The molecule has 0 fully saturated rings. The van der Waals surface area contributed by atoms with Gasteiger partial charge in [-0.2, -0.15) is 0 Å². The van der Waals surface area contributed by atoms with E-state index in [0.29, 0.717) is 5.69 Å². The Kier molecular flexibility index (Phi) is 7.11. The SMILES string of the molecule is COC(=O)C(C)(C)c1ccc(NC(=O)CNC(=O)[C@@H](N)C(C)C)cc1. The predicted octanol–water partition coefficient (Wildman–Crippen LogP) is 1.18. The molecule has 1 atom stereocenters. The first-order valence-electron chi connectivity index (χ1n) is 8.11. The summed E-state index contributed by atoms with van der Waals surface area (Å²) in [5.41, 5.74) is 6.27. The quantitative estimate of drug-likeness (QED) is 0.640. The number of rotatable bonds is 7. The van der Waals surface area contributed by atoms with E-state index in [1.165, 1.54) is 7.11 Å². The molecule has 0 bridgehead atoms. The average molecular weight is 349 g/mol. The van der Waals surface area contributed by atoms with Crippen LogP contribution in [0.1, 0.15) is 33.3 Å². The molecule has 0 aromatic heterocycles. The van der Waals surface area contributed by atoms with Crippen molar-refractivity contribution in [1.29, 1.82) is 0 Å². The Hall–Kier alpha value is -2.41. The summed E-state index contributed by atoms with van der Waals surface area (Å²) in [6.07, 6.45) is 0. The van der Waals surface area contributed by atoms with Crippen LogP contribution >= 0.6 is 0 Å². The normalized spacial score (nSPS) is 12.4. The van der Waals surface area contributed by atoms with Gasteiger partial charge in [0.1, 0.15) is 0 Å². The number of nitrogens with two attached hydrogens (primary N) is 1. The van der Waals surface area contributed by atoms with E-state index in [1.54, 1.807) is 38.1 Å². The summed E-state index contributed by atoms with van der Waals surface area (Å²) in [6, 6.07) is 6.24. The Labute approximate surface area is 148 Å². The Morgan fingerprint density at radius 1 is 1.16 bits per heavy atom. The number of nitrogens with one attached hydrogen (secondary N) is 2. The van der Waals surface area contributed by atoms with Crippen molar-refractivity contribution in [1.82, 2.24) is 5.32 Å². The molecule has 25 heavy (non-hydrogen) atoms.